The van der Waals surface area contributed by atoms with Crippen LogP contribution in [-0.4, -0.2) is 39.9 Å². The lowest BCUT2D eigenvalue weighted by Gasteiger charge is -2.23. The van der Waals surface area contributed by atoms with Gasteiger partial charge in [0.05, 0.1) is 5.57 Å². The SMILES string of the molecule is O=C(O)C1=CCC(C(=O)O)(S(=O)(=O)O)C=C1. The summed E-state index contributed by atoms with van der Waals surface area (Å²) < 4.78 is 28.3. The highest BCUT2D eigenvalue weighted by atomic mass is 32.2. The molecule has 0 heterocycles. The number of hydrogen-bond donors (Lipinski definition) is 3. The maximum atomic E-state index is 11.0. The predicted octanol–water partition coefficient (Wildman–Crippen LogP) is -0.331. The summed E-state index contributed by atoms with van der Waals surface area (Å²) in [7, 11) is -4.86. The fourth-order valence-electron chi connectivity index (χ4n) is 1.24. The van der Waals surface area contributed by atoms with Gasteiger partial charge < -0.3 is 10.2 Å². The Morgan fingerprint density at radius 1 is 1.31 bits per heavy atom. The molecule has 16 heavy (non-hydrogen) atoms. The van der Waals surface area contributed by atoms with Crippen molar-refractivity contribution >= 4 is 22.1 Å². The smallest absolute Gasteiger partial charge is 0.335 e. The summed E-state index contributed by atoms with van der Waals surface area (Å²) in [6.45, 7) is 0. The first-order valence-electron chi connectivity index (χ1n) is 4.04. The molecule has 1 unspecified atom stereocenters. The lowest BCUT2D eigenvalue weighted by atomic mass is 9.96. The van der Waals surface area contributed by atoms with Crippen molar-refractivity contribution in [1.29, 1.82) is 0 Å². The Morgan fingerprint density at radius 3 is 2.12 bits per heavy atom. The quantitative estimate of drug-likeness (QED) is 0.583. The Bertz CT molecular complexity index is 498. The molecule has 0 saturated carbocycles. The first-order valence-corrected chi connectivity index (χ1v) is 5.48. The molecule has 0 spiro atoms. The number of carboxylic acid groups (broad SMARTS) is 2. The third kappa shape index (κ3) is 1.84. The number of carboxylic acids is 2. The molecule has 0 saturated heterocycles. The molecule has 0 fully saturated rings. The van der Waals surface area contributed by atoms with Crippen molar-refractivity contribution in [3.8, 4) is 0 Å². The molecule has 7 nitrogen and oxygen atoms in total. The molecular formula is C8H8O7S. The molecule has 0 aliphatic heterocycles. The van der Waals surface area contributed by atoms with Crippen molar-refractivity contribution in [2.45, 2.75) is 11.2 Å². The van der Waals surface area contributed by atoms with Gasteiger partial charge in [-0.3, -0.25) is 9.35 Å². The molecule has 0 bridgehead atoms. The van der Waals surface area contributed by atoms with E-state index in [0.29, 0.717) is 6.08 Å². The lowest BCUT2D eigenvalue weighted by molar-refractivity contribution is -0.139. The molecule has 1 rings (SSSR count). The fraction of sp³-hybridized carbons (Fsp3) is 0.250. The van der Waals surface area contributed by atoms with E-state index in [0.717, 1.165) is 12.2 Å². The Balaban J connectivity index is 3.22. The fourth-order valence-corrected chi connectivity index (χ4v) is 2.00. The summed E-state index contributed by atoms with van der Waals surface area (Å²) >= 11 is 0. The molecule has 0 aromatic heterocycles. The van der Waals surface area contributed by atoms with Gasteiger partial charge in [-0.05, 0) is 12.2 Å². The highest BCUT2D eigenvalue weighted by Gasteiger charge is 2.49. The molecule has 1 atom stereocenters. The minimum Gasteiger partial charge on any atom is -0.480 e. The van der Waals surface area contributed by atoms with Crippen LogP contribution in [-0.2, 0) is 19.7 Å². The van der Waals surface area contributed by atoms with Gasteiger partial charge in [-0.2, -0.15) is 8.42 Å². The topological polar surface area (TPSA) is 129 Å². The number of hydrogen-bond acceptors (Lipinski definition) is 4. The third-order valence-electron chi connectivity index (χ3n) is 2.23. The first kappa shape index (κ1) is 12.4. The maximum Gasteiger partial charge on any atom is 0.335 e. The van der Waals surface area contributed by atoms with Crippen LogP contribution in [0.2, 0.25) is 0 Å². The zero-order valence-electron chi connectivity index (χ0n) is 7.82. The summed E-state index contributed by atoms with van der Waals surface area (Å²) in [5.41, 5.74) is -0.222. The second-order valence-electron chi connectivity index (χ2n) is 3.17. The van der Waals surface area contributed by atoms with Crippen LogP contribution >= 0.6 is 0 Å². The molecule has 0 aromatic rings. The summed E-state index contributed by atoms with van der Waals surface area (Å²) in [6, 6.07) is 0. The van der Waals surface area contributed by atoms with Crippen LogP contribution in [0.25, 0.3) is 0 Å². The number of aliphatic carboxylic acids is 2. The largest absolute Gasteiger partial charge is 0.480 e. The van der Waals surface area contributed by atoms with Gasteiger partial charge in [0.15, 0.2) is 0 Å². The van der Waals surface area contributed by atoms with E-state index in [-0.39, 0.29) is 5.57 Å². The molecule has 3 N–H and O–H groups in total. The molecule has 0 aromatic carbocycles. The van der Waals surface area contributed by atoms with E-state index in [9.17, 15) is 18.0 Å². The Kier molecular flexibility index (Phi) is 2.89. The Morgan fingerprint density at radius 2 is 1.88 bits per heavy atom. The van der Waals surface area contributed by atoms with Gasteiger partial charge in [0.2, 0.25) is 4.75 Å². The van der Waals surface area contributed by atoms with Crippen LogP contribution in [0.3, 0.4) is 0 Å². The third-order valence-corrected chi connectivity index (χ3v) is 3.62. The van der Waals surface area contributed by atoms with Crippen molar-refractivity contribution in [3.05, 3.63) is 23.8 Å². The average Bonchev–Trinajstić information content (AvgIpc) is 2.15. The summed E-state index contributed by atoms with van der Waals surface area (Å²) in [6.07, 6.45) is 1.81. The van der Waals surface area contributed by atoms with Crippen molar-refractivity contribution in [2.24, 2.45) is 0 Å². The van der Waals surface area contributed by atoms with Crippen LogP contribution in [0, 0.1) is 0 Å². The van der Waals surface area contributed by atoms with Gasteiger partial charge in [0.25, 0.3) is 10.1 Å². The van der Waals surface area contributed by atoms with Crippen molar-refractivity contribution in [3.63, 3.8) is 0 Å². The van der Waals surface area contributed by atoms with Gasteiger partial charge in [0.1, 0.15) is 0 Å². The van der Waals surface area contributed by atoms with Crippen molar-refractivity contribution < 1.29 is 32.8 Å². The summed E-state index contributed by atoms with van der Waals surface area (Å²) in [5, 5.41) is 17.4. The summed E-state index contributed by atoms with van der Waals surface area (Å²) in [5.74, 6) is -3.06. The second-order valence-corrected chi connectivity index (χ2v) is 4.85. The minimum absolute atomic E-state index is 0.222. The molecule has 88 valence electrons. The van der Waals surface area contributed by atoms with Gasteiger partial charge in [0, 0.05) is 6.42 Å². The van der Waals surface area contributed by atoms with E-state index in [1.54, 1.807) is 0 Å². The van der Waals surface area contributed by atoms with Gasteiger partial charge in [-0.25, -0.2) is 4.79 Å². The molecule has 1 aliphatic carbocycles. The maximum absolute atomic E-state index is 11.0. The molecule has 0 amide bonds. The highest BCUT2D eigenvalue weighted by molar-refractivity contribution is 7.88. The number of rotatable bonds is 3. The van der Waals surface area contributed by atoms with E-state index in [1.165, 1.54) is 0 Å². The molecule has 1 aliphatic rings. The van der Waals surface area contributed by atoms with Crippen LogP contribution in [0.4, 0.5) is 0 Å². The Labute approximate surface area is 90.4 Å². The Hall–Kier alpha value is -1.67. The standard InChI is InChI=1S/C8H8O7S/c9-6(10)5-1-3-8(4-2-5,7(11)12)16(13,14)15/h1-3H,4H2,(H,9,10)(H,11,12)(H,13,14,15). The van der Waals surface area contributed by atoms with Crippen molar-refractivity contribution in [1.82, 2.24) is 0 Å². The summed E-state index contributed by atoms with van der Waals surface area (Å²) in [4.78, 5) is 21.3. The lowest BCUT2D eigenvalue weighted by Crippen LogP contribution is -2.45. The highest BCUT2D eigenvalue weighted by Crippen LogP contribution is 2.29. The second kappa shape index (κ2) is 3.72. The van der Waals surface area contributed by atoms with Gasteiger partial charge in [-0.1, -0.05) is 6.08 Å². The van der Waals surface area contributed by atoms with Crippen LogP contribution < -0.4 is 0 Å². The molecule has 0 radical (unpaired) electrons. The number of carbonyl (C=O) groups is 2. The van der Waals surface area contributed by atoms with Crippen LogP contribution in [0.15, 0.2) is 23.8 Å². The van der Waals surface area contributed by atoms with Crippen LogP contribution in [0.1, 0.15) is 6.42 Å². The monoisotopic (exact) mass is 248 g/mol. The zero-order chi connectivity index (χ0) is 12.6. The van der Waals surface area contributed by atoms with E-state index in [2.05, 4.69) is 0 Å². The molecular weight excluding hydrogens is 240 g/mol. The first-order chi connectivity index (χ1) is 7.21. The van der Waals surface area contributed by atoms with Crippen molar-refractivity contribution in [2.75, 3.05) is 0 Å². The van der Waals surface area contributed by atoms with Gasteiger partial charge in [-0.15, -0.1) is 0 Å². The predicted molar refractivity (Wildman–Crippen MR) is 51.4 cm³/mol. The normalized spacial score (nSPS) is 24.9. The number of allylic oxidation sites excluding steroid dienone is 1. The average molecular weight is 248 g/mol. The van der Waals surface area contributed by atoms with E-state index < -0.39 is 33.2 Å². The van der Waals surface area contributed by atoms with Crippen LogP contribution in [0.5, 0.6) is 0 Å². The van der Waals surface area contributed by atoms with Gasteiger partial charge >= 0.3 is 11.9 Å². The minimum atomic E-state index is -4.86. The zero-order valence-corrected chi connectivity index (χ0v) is 8.64. The molecule has 8 heteroatoms. The van der Waals surface area contributed by atoms with E-state index in [4.69, 9.17) is 14.8 Å². The van der Waals surface area contributed by atoms with E-state index in [1.807, 2.05) is 0 Å². The van der Waals surface area contributed by atoms with E-state index >= 15 is 0 Å².